The van der Waals surface area contributed by atoms with E-state index in [0.29, 0.717) is 0 Å². The third-order valence-electron chi connectivity index (χ3n) is 1.95. The van der Waals surface area contributed by atoms with Crippen LogP contribution in [0.4, 0.5) is 0 Å². The number of hydrogen-bond donors (Lipinski definition) is 0. The molecule has 1 aromatic carbocycles. The Bertz CT molecular complexity index is 481. The van der Waals surface area contributed by atoms with Gasteiger partial charge < -0.3 is 8.83 Å². The molecule has 56 valence electrons. The van der Waals surface area contributed by atoms with Crippen LogP contribution in [0.2, 0.25) is 0 Å². The predicted octanol–water partition coefficient (Wildman–Crippen LogP) is 2.78. The van der Waals surface area contributed by atoms with Crippen molar-refractivity contribution in [3.63, 3.8) is 0 Å². The number of rotatable bonds is 0. The number of fused-ring (bicyclic) bond motifs is 3. The van der Waals surface area contributed by atoms with Gasteiger partial charge in [-0.2, -0.15) is 0 Å². The smallest absolute Gasteiger partial charge is 0.170 e. The molecule has 0 bridgehead atoms. The van der Waals surface area contributed by atoms with Crippen LogP contribution < -0.4 is 0 Å². The number of furan rings is 2. The monoisotopic (exact) mass is 156 g/mol. The molecule has 0 saturated carbocycles. The van der Waals surface area contributed by atoms with Crippen molar-refractivity contribution in [2.45, 2.75) is 0 Å². The Morgan fingerprint density at radius 3 is 1.83 bits per heavy atom. The Morgan fingerprint density at radius 1 is 0.833 bits per heavy atom. The summed E-state index contributed by atoms with van der Waals surface area (Å²) in [6.45, 7) is 0. The van der Waals surface area contributed by atoms with E-state index in [1.165, 1.54) is 0 Å². The maximum Gasteiger partial charge on any atom is 0.170 e. The van der Waals surface area contributed by atoms with Crippen molar-refractivity contribution >= 4 is 21.9 Å². The van der Waals surface area contributed by atoms with Crippen molar-refractivity contribution in [3.8, 4) is 0 Å². The van der Waals surface area contributed by atoms with Crippen LogP contribution in [0.1, 0.15) is 0 Å². The number of hydrogen-bond acceptors (Lipinski definition) is 2. The molecule has 3 aromatic rings. The summed E-state index contributed by atoms with van der Waals surface area (Å²) in [5.41, 5.74) is 1.66. The van der Waals surface area contributed by atoms with Gasteiger partial charge in [0.1, 0.15) is 11.2 Å². The van der Waals surface area contributed by atoms with Crippen LogP contribution in [0, 0.1) is 12.5 Å². The molecule has 2 nitrogen and oxygen atoms in total. The maximum absolute atomic E-state index is 5.11. The van der Waals surface area contributed by atoms with E-state index in [1.807, 2.05) is 12.1 Å². The van der Waals surface area contributed by atoms with E-state index < -0.39 is 0 Å². The standard InChI is InChI=1S/C10H4O2/c1-2-10-8(4-6-12-10)7-3-5-11-9(1)7/h1-4H. The first-order chi connectivity index (χ1) is 5.95. The van der Waals surface area contributed by atoms with Crippen LogP contribution >= 0.6 is 0 Å². The van der Waals surface area contributed by atoms with Crippen LogP contribution in [0.25, 0.3) is 21.9 Å². The van der Waals surface area contributed by atoms with Gasteiger partial charge in [0.2, 0.25) is 0 Å². The average molecular weight is 156 g/mol. The van der Waals surface area contributed by atoms with Crippen LogP contribution in [0.5, 0.6) is 0 Å². The average Bonchev–Trinajstić information content (AvgIpc) is 2.71. The molecule has 0 aliphatic rings. The summed E-state index contributed by atoms with van der Waals surface area (Å²) in [4.78, 5) is 0. The lowest BCUT2D eigenvalue weighted by Gasteiger charge is -1.88. The second kappa shape index (κ2) is 1.91. The van der Waals surface area contributed by atoms with E-state index in [-0.39, 0.29) is 0 Å². The van der Waals surface area contributed by atoms with Crippen molar-refractivity contribution in [1.29, 1.82) is 0 Å². The van der Waals surface area contributed by atoms with Crippen molar-refractivity contribution in [3.05, 3.63) is 36.8 Å². The third-order valence-corrected chi connectivity index (χ3v) is 1.95. The molecular formula is C10H4O2. The normalized spacial score (nSPS) is 11.3. The van der Waals surface area contributed by atoms with E-state index in [1.54, 1.807) is 12.1 Å². The van der Waals surface area contributed by atoms with Gasteiger partial charge in [-0.25, -0.2) is 0 Å². The summed E-state index contributed by atoms with van der Waals surface area (Å²) in [6.07, 6.45) is 5.38. The van der Waals surface area contributed by atoms with Crippen LogP contribution in [0.3, 0.4) is 0 Å². The highest BCUT2D eigenvalue weighted by Gasteiger charge is 2.04. The first-order valence-corrected chi connectivity index (χ1v) is 3.63. The van der Waals surface area contributed by atoms with Gasteiger partial charge in [-0.05, 0) is 24.3 Å². The van der Waals surface area contributed by atoms with Crippen molar-refractivity contribution in [2.24, 2.45) is 0 Å². The molecular weight excluding hydrogens is 152 g/mol. The lowest BCUT2D eigenvalue weighted by Crippen LogP contribution is -1.64. The van der Waals surface area contributed by atoms with E-state index in [4.69, 9.17) is 8.83 Å². The van der Waals surface area contributed by atoms with Crippen LogP contribution in [-0.4, -0.2) is 0 Å². The molecule has 12 heavy (non-hydrogen) atoms. The van der Waals surface area contributed by atoms with Gasteiger partial charge >= 0.3 is 0 Å². The summed E-state index contributed by atoms with van der Waals surface area (Å²) < 4.78 is 10.2. The highest BCUT2D eigenvalue weighted by Crippen LogP contribution is 2.25. The molecule has 0 amide bonds. The first kappa shape index (κ1) is 5.89. The zero-order valence-electron chi connectivity index (χ0n) is 6.13. The molecule has 0 atom stereocenters. The fourth-order valence-electron chi connectivity index (χ4n) is 1.38. The van der Waals surface area contributed by atoms with E-state index >= 15 is 0 Å². The highest BCUT2D eigenvalue weighted by atomic mass is 16.3. The fraction of sp³-hybridized carbons (Fsp3) is 0. The van der Waals surface area contributed by atoms with Gasteiger partial charge in [-0.1, -0.05) is 0 Å². The van der Waals surface area contributed by atoms with Gasteiger partial charge in [0.05, 0.1) is 0 Å². The van der Waals surface area contributed by atoms with E-state index in [0.717, 1.165) is 21.9 Å². The van der Waals surface area contributed by atoms with Gasteiger partial charge in [-0.3, -0.25) is 0 Å². The Balaban J connectivity index is 2.71. The van der Waals surface area contributed by atoms with Crippen LogP contribution in [-0.2, 0) is 0 Å². The molecule has 0 spiro atoms. The molecule has 0 saturated heterocycles. The summed E-state index contributed by atoms with van der Waals surface area (Å²) in [6, 6.07) is 7.35. The zero-order valence-corrected chi connectivity index (χ0v) is 6.13. The fourth-order valence-corrected chi connectivity index (χ4v) is 1.38. The molecule has 2 heteroatoms. The van der Waals surface area contributed by atoms with E-state index in [9.17, 15) is 0 Å². The van der Waals surface area contributed by atoms with Gasteiger partial charge in [-0.15, -0.1) is 0 Å². The second-order valence-corrected chi connectivity index (χ2v) is 2.62. The molecule has 2 radical (unpaired) electrons. The third kappa shape index (κ3) is 0.593. The summed E-state index contributed by atoms with van der Waals surface area (Å²) in [7, 11) is 0. The Hall–Kier alpha value is -1.70. The van der Waals surface area contributed by atoms with Gasteiger partial charge in [0, 0.05) is 10.8 Å². The molecule has 0 aliphatic carbocycles. The summed E-state index contributed by atoms with van der Waals surface area (Å²) >= 11 is 0. The molecule has 0 aliphatic heterocycles. The highest BCUT2D eigenvalue weighted by molar-refractivity contribution is 6.03. The maximum atomic E-state index is 5.11. The predicted molar refractivity (Wildman–Crippen MR) is 43.7 cm³/mol. The largest absolute Gasteiger partial charge is 0.453 e. The molecule has 0 fully saturated rings. The van der Waals surface area contributed by atoms with Crippen molar-refractivity contribution < 1.29 is 8.83 Å². The zero-order chi connectivity index (χ0) is 7.97. The van der Waals surface area contributed by atoms with Gasteiger partial charge in [0.25, 0.3) is 0 Å². The van der Waals surface area contributed by atoms with Crippen molar-refractivity contribution in [1.82, 2.24) is 0 Å². The molecule has 2 heterocycles. The summed E-state index contributed by atoms with van der Waals surface area (Å²) in [5.74, 6) is 0. The SMILES string of the molecule is [c]1cc2c(ccc3o[c]cc32)o1. The quantitative estimate of drug-likeness (QED) is 0.500. The topological polar surface area (TPSA) is 26.3 Å². The van der Waals surface area contributed by atoms with Gasteiger partial charge in [0.15, 0.2) is 12.5 Å². The Kier molecular flexibility index (Phi) is 0.939. The Labute approximate surface area is 68.4 Å². The molecule has 0 unspecified atom stereocenters. The lowest BCUT2D eigenvalue weighted by molar-refractivity contribution is 0.601. The molecule has 0 N–H and O–H groups in total. The Morgan fingerprint density at radius 2 is 1.33 bits per heavy atom. The molecule has 2 aromatic heterocycles. The number of benzene rings is 1. The lowest BCUT2D eigenvalue weighted by atomic mass is 10.2. The summed E-state index contributed by atoms with van der Waals surface area (Å²) in [5, 5.41) is 2.05. The first-order valence-electron chi connectivity index (χ1n) is 3.63. The minimum absolute atomic E-state index is 0.831. The molecule has 3 rings (SSSR count). The minimum atomic E-state index is 0.831. The van der Waals surface area contributed by atoms with E-state index in [2.05, 4.69) is 12.5 Å². The minimum Gasteiger partial charge on any atom is -0.453 e. The van der Waals surface area contributed by atoms with Crippen molar-refractivity contribution in [2.75, 3.05) is 0 Å². The second-order valence-electron chi connectivity index (χ2n) is 2.62. The van der Waals surface area contributed by atoms with Crippen LogP contribution in [0.15, 0.2) is 33.1 Å².